The Morgan fingerprint density at radius 2 is 0.682 bits per heavy atom. The third kappa shape index (κ3) is 3.31. The molecule has 8 aromatic carbocycles. The monoisotopic (exact) mass is 560 g/mol. The minimum atomic E-state index is 0.903. The van der Waals surface area contributed by atoms with Gasteiger partial charge in [0.25, 0.3) is 0 Å². The molecule has 0 unspecified atom stereocenters. The van der Waals surface area contributed by atoms with E-state index in [2.05, 4.69) is 133 Å². The molecule has 0 aliphatic heterocycles. The lowest BCUT2D eigenvalue weighted by molar-refractivity contribution is 0.669. The quantitative estimate of drug-likeness (QED) is 0.197. The van der Waals surface area contributed by atoms with E-state index in [-0.39, 0.29) is 0 Å². The Morgan fingerprint density at radius 3 is 1.27 bits per heavy atom. The molecule has 0 amide bonds. The zero-order chi connectivity index (χ0) is 28.8. The van der Waals surface area contributed by atoms with E-state index in [9.17, 15) is 0 Å². The summed E-state index contributed by atoms with van der Waals surface area (Å²) in [6.07, 6.45) is 0. The lowest BCUT2D eigenvalue weighted by Crippen LogP contribution is -1.90. The van der Waals surface area contributed by atoms with Gasteiger partial charge in [-0.25, -0.2) is 0 Å². The van der Waals surface area contributed by atoms with E-state index in [0.717, 1.165) is 55.0 Å². The first kappa shape index (κ1) is 23.7. The van der Waals surface area contributed by atoms with Crippen LogP contribution < -0.4 is 0 Å². The molecule has 0 bridgehead atoms. The summed E-state index contributed by atoms with van der Waals surface area (Å²) in [5.74, 6) is 0. The van der Waals surface area contributed by atoms with E-state index in [4.69, 9.17) is 8.83 Å². The van der Waals surface area contributed by atoms with Gasteiger partial charge < -0.3 is 8.83 Å². The summed E-state index contributed by atoms with van der Waals surface area (Å²) < 4.78 is 12.8. The molecule has 44 heavy (non-hydrogen) atoms. The van der Waals surface area contributed by atoms with Crippen LogP contribution in [-0.4, -0.2) is 0 Å². The zero-order valence-corrected chi connectivity index (χ0v) is 23.7. The second kappa shape index (κ2) is 8.82. The molecule has 0 aliphatic rings. The van der Waals surface area contributed by atoms with Crippen LogP contribution in [0.2, 0.25) is 0 Å². The van der Waals surface area contributed by atoms with E-state index in [1.54, 1.807) is 0 Å². The van der Waals surface area contributed by atoms with Crippen molar-refractivity contribution in [3.05, 3.63) is 146 Å². The minimum Gasteiger partial charge on any atom is -0.456 e. The van der Waals surface area contributed by atoms with Crippen LogP contribution in [0.5, 0.6) is 0 Å². The van der Waals surface area contributed by atoms with E-state index in [1.807, 2.05) is 12.1 Å². The van der Waals surface area contributed by atoms with Crippen LogP contribution in [0.25, 0.3) is 98.4 Å². The molecule has 2 aromatic heterocycles. The highest BCUT2D eigenvalue weighted by molar-refractivity contribution is 6.22. The van der Waals surface area contributed by atoms with Crippen LogP contribution in [0.15, 0.2) is 154 Å². The molecule has 0 fully saturated rings. The van der Waals surface area contributed by atoms with Gasteiger partial charge in [0.05, 0.1) is 0 Å². The van der Waals surface area contributed by atoms with Crippen LogP contribution in [0.3, 0.4) is 0 Å². The predicted molar refractivity (Wildman–Crippen MR) is 184 cm³/mol. The van der Waals surface area contributed by atoms with Gasteiger partial charge in [-0.05, 0) is 97.0 Å². The standard InChI is InChI=1S/C42H24O2/c1-2-10-26-22-40-36(21-25(26)9-1)31-20-18-28(24-39(31)44-40)42-34-14-5-3-12-32(34)41(33-13-4-6-15-35(33)42)27-17-19-30-29-11-7-8-16-37(29)43-38(30)23-27/h1-24H. The SMILES string of the molecule is c1ccc2cc3c(cc2c1)oc1cc(-c2c4ccccc4c(-c4ccc5c(c4)oc4ccccc45)c4ccccc24)ccc13. The molecule has 2 heterocycles. The first-order chi connectivity index (χ1) is 21.8. The Hall–Kier alpha value is -5.86. The number of furan rings is 2. The van der Waals surface area contributed by atoms with E-state index in [0.29, 0.717) is 0 Å². The van der Waals surface area contributed by atoms with Gasteiger partial charge in [0, 0.05) is 21.5 Å². The fourth-order valence-corrected chi connectivity index (χ4v) is 7.25. The van der Waals surface area contributed by atoms with Crippen molar-refractivity contribution in [2.75, 3.05) is 0 Å². The summed E-state index contributed by atoms with van der Waals surface area (Å²) in [5, 5.41) is 11.8. The predicted octanol–water partition coefficient (Wildman–Crippen LogP) is 12.3. The molecule has 2 nitrogen and oxygen atoms in total. The van der Waals surface area contributed by atoms with Crippen LogP contribution >= 0.6 is 0 Å². The van der Waals surface area contributed by atoms with E-state index >= 15 is 0 Å². The summed E-state index contributed by atoms with van der Waals surface area (Å²) >= 11 is 0. The summed E-state index contributed by atoms with van der Waals surface area (Å²) in [4.78, 5) is 0. The number of hydrogen-bond acceptors (Lipinski definition) is 2. The van der Waals surface area contributed by atoms with E-state index in [1.165, 1.54) is 43.4 Å². The fourth-order valence-electron chi connectivity index (χ4n) is 7.25. The van der Waals surface area contributed by atoms with Crippen molar-refractivity contribution in [2.45, 2.75) is 0 Å². The molecule has 0 atom stereocenters. The first-order valence-corrected chi connectivity index (χ1v) is 15.0. The van der Waals surface area contributed by atoms with Crippen molar-refractivity contribution >= 4 is 76.2 Å². The molecule has 0 spiro atoms. The smallest absolute Gasteiger partial charge is 0.136 e. The third-order valence-corrected chi connectivity index (χ3v) is 9.23. The summed E-state index contributed by atoms with van der Waals surface area (Å²) in [6, 6.07) is 52.0. The van der Waals surface area contributed by atoms with Crippen molar-refractivity contribution in [2.24, 2.45) is 0 Å². The van der Waals surface area contributed by atoms with Gasteiger partial charge in [0.15, 0.2) is 0 Å². The molecule has 204 valence electrons. The van der Waals surface area contributed by atoms with Crippen LogP contribution in [0.4, 0.5) is 0 Å². The average Bonchev–Trinajstić information content (AvgIpc) is 3.62. The highest BCUT2D eigenvalue weighted by Gasteiger charge is 2.19. The zero-order valence-electron chi connectivity index (χ0n) is 23.7. The van der Waals surface area contributed by atoms with Gasteiger partial charge in [0.2, 0.25) is 0 Å². The number of fused-ring (bicyclic) bond motifs is 9. The van der Waals surface area contributed by atoms with Crippen molar-refractivity contribution in [1.29, 1.82) is 0 Å². The Labute approximate surface area is 252 Å². The maximum atomic E-state index is 6.50. The molecular formula is C42H24O2. The number of hydrogen-bond donors (Lipinski definition) is 0. The molecule has 10 aromatic rings. The number of benzene rings is 8. The van der Waals surface area contributed by atoms with E-state index < -0.39 is 0 Å². The second-order valence-electron chi connectivity index (χ2n) is 11.7. The average molecular weight is 561 g/mol. The Morgan fingerprint density at radius 1 is 0.273 bits per heavy atom. The number of rotatable bonds is 2. The molecule has 0 saturated heterocycles. The third-order valence-electron chi connectivity index (χ3n) is 9.23. The van der Waals surface area contributed by atoms with Gasteiger partial charge in [-0.15, -0.1) is 0 Å². The molecule has 0 radical (unpaired) electrons. The van der Waals surface area contributed by atoms with Crippen molar-refractivity contribution in [3.63, 3.8) is 0 Å². The Kier molecular flexibility index (Phi) is 4.75. The van der Waals surface area contributed by atoms with Gasteiger partial charge >= 0.3 is 0 Å². The molecular weight excluding hydrogens is 536 g/mol. The lowest BCUT2D eigenvalue weighted by atomic mass is 9.85. The van der Waals surface area contributed by atoms with Gasteiger partial charge in [-0.2, -0.15) is 0 Å². The van der Waals surface area contributed by atoms with Crippen molar-refractivity contribution < 1.29 is 8.83 Å². The normalized spacial score (nSPS) is 12.1. The van der Waals surface area contributed by atoms with Gasteiger partial charge in [-0.3, -0.25) is 0 Å². The number of para-hydroxylation sites is 1. The fraction of sp³-hybridized carbons (Fsp3) is 0. The largest absolute Gasteiger partial charge is 0.456 e. The lowest BCUT2D eigenvalue weighted by Gasteiger charge is -2.17. The van der Waals surface area contributed by atoms with Gasteiger partial charge in [0.1, 0.15) is 22.3 Å². The maximum Gasteiger partial charge on any atom is 0.136 e. The van der Waals surface area contributed by atoms with Crippen molar-refractivity contribution in [3.8, 4) is 22.3 Å². The Bertz CT molecular complexity index is 2720. The molecule has 2 heteroatoms. The minimum absolute atomic E-state index is 0.903. The first-order valence-electron chi connectivity index (χ1n) is 15.0. The summed E-state index contributed by atoms with van der Waals surface area (Å²) in [5.41, 5.74) is 8.38. The van der Waals surface area contributed by atoms with Crippen LogP contribution in [0, 0.1) is 0 Å². The highest BCUT2D eigenvalue weighted by Crippen LogP contribution is 2.45. The Balaban J connectivity index is 1.24. The summed E-state index contributed by atoms with van der Waals surface area (Å²) in [6.45, 7) is 0. The topological polar surface area (TPSA) is 26.3 Å². The van der Waals surface area contributed by atoms with Crippen LogP contribution in [0.1, 0.15) is 0 Å². The summed E-state index contributed by atoms with van der Waals surface area (Å²) in [7, 11) is 0. The second-order valence-corrected chi connectivity index (χ2v) is 11.7. The molecule has 0 aliphatic carbocycles. The molecule has 0 saturated carbocycles. The van der Waals surface area contributed by atoms with Crippen molar-refractivity contribution in [1.82, 2.24) is 0 Å². The van der Waals surface area contributed by atoms with Crippen LogP contribution in [-0.2, 0) is 0 Å². The molecule has 10 rings (SSSR count). The molecule has 0 N–H and O–H groups in total. The van der Waals surface area contributed by atoms with Gasteiger partial charge in [-0.1, -0.05) is 103 Å². The maximum absolute atomic E-state index is 6.50. The highest BCUT2D eigenvalue weighted by atomic mass is 16.3.